The highest BCUT2D eigenvalue weighted by atomic mass is 16.3. The van der Waals surface area contributed by atoms with Gasteiger partial charge in [0.05, 0.1) is 12.1 Å². The summed E-state index contributed by atoms with van der Waals surface area (Å²) in [5.74, 6) is 7.43. The standard InChI is InChI=1S/C11H21N5O/c1-5-8-13-9(15-11(3,4)6-17)7(2)10(14-8)16-12/h17H,5-6,12H2,1-4H3,(H2,13,14,15,16). The number of hydrazine groups is 1. The van der Waals surface area contributed by atoms with Gasteiger partial charge in [0.15, 0.2) is 0 Å². The molecule has 0 fully saturated rings. The van der Waals surface area contributed by atoms with Crippen LogP contribution < -0.4 is 16.6 Å². The summed E-state index contributed by atoms with van der Waals surface area (Å²) in [6.45, 7) is 7.67. The normalized spacial score (nSPS) is 11.4. The Bertz CT molecular complexity index is 392. The van der Waals surface area contributed by atoms with E-state index in [0.29, 0.717) is 17.5 Å². The fourth-order valence-electron chi connectivity index (χ4n) is 1.34. The molecule has 1 aromatic rings. The molecule has 17 heavy (non-hydrogen) atoms. The van der Waals surface area contributed by atoms with E-state index < -0.39 is 5.54 Å². The Labute approximate surface area is 102 Å². The molecule has 0 atom stereocenters. The Morgan fingerprint density at radius 3 is 2.35 bits per heavy atom. The van der Waals surface area contributed by atoms with Crippen LogP contribution >= 0.6 is 0 Å². The molecular weight excluding hydrogens is 218 g/mol. The van der Waals surface area contributed by atoms with E-state index in [1.54, 1.807) is 0 Å². The molecule has 5 N–H and O–H groups in total. The summed E-state index contributed by atoms with van der Waals surface area (Å²) in [6, 6.07) is 0. The first-order chi connectivity index (χ1) is 7.93. The van der Waals surface area contributed by atoms with Gasteiger partial charge in [-0.2, -0.15) is 0 Å². The minimum atomic E-state index is -0.435. The van der Waals surface area contributed by atoms with Gasteiger partial charge in [-0.05, 0) is 20.8 Å². The molecule has 6 heteroatoms. The molecule has 0 aliphatic heterocycles. The third kappa shape index (κ3) is 3.28. The van der Waals surface area contributed by atoms with E-state index in [9.17, 15) is 5.11 Å². The zero-order valence-electron chi connectivity index (χ0n) is 10.8. The Hall–Kier alpha value is -1.40. The van der Waals surface area contributed by atoms with Crippen molar-refractivity contribution in [3.63, 3.8) is 0 Å². The first kappa shape index (κ1) is 13.7. The van der Waals surface area contributed by atoms with Crippen molar-refractivity contribution < 1.29 is 5.11 Å². The fraction of sp³-hybridized carbons (Fsp3) is 0.636. The first-order valence-electron chi connectivity index (χ1n) is 5.66. The largest absolute Gasteiger partial charge is 0.394 e. The minimum absolute atomic E-state index is 0.0172. The van der Waals surface area contributed by atoms with Crippen molar-refractivity contribution in [3.05, 3.63) is 11.4 Å². The molecule has 1 heterocycles. The van der Waals surface area contributed by atoms with Crippen molar-refractivity contribution in [1.29, 1.82) is 0 Å². The summed E-state index contributed by atoms with van der Waals surface area (Å²) in [6.07, 6.45) is 0.725. The monoisotopic (exact) mass is 239 g/mol. The van der Waals surface area contributed by atoms with Crippen LogP contribution in [0.3, 0.4) is 0 Å². The van der Waals surface area contributed by atoms with Crippen LogP contribution in [0.2, 0.25) is 0 Å². The van der Waals surface area contributed by atoms with Gasteiger partial charge in [-0.3, -0.25) is 0 Å². The molecule has 1 aromatic heterocycles. The summed E-state index contributed by atoms with van der Waals surface area (Å²) < 4.78 is 0. The van der Waals surface area contributed by atoms with E-state index in [1.165, 1.54) is 0 Å². The van der Waals surface area contributed by atoms with Gasteiger partial charge in [0.25, 0.3) is 0 Å². The molecule has 0 saturated heterocycles. The Morgan fingerprint density at radius 2 is 1.88 bits per heavy atom. The molecule has 0 bridgehead atoms. The second kappa shape index (κ2) is 5.29. The zero-order valence-corrected chi connectivity index (χ0v) is 10.8. The lowest BCUT2D eigenvalue weighted by molar-refractivity contribution is 0.234. The predicted octanol–water partition coefficient (Wildman–Crippen LogP) is 0.816. The summed E-state index contributed by atoms with van der Waals surface area (Å²) in [4.78, 5) is 8.68. The summed E-state index contributed by atoms with van der Waals surface area (Å²) in [5.41, 5.74) is 2.97. The molecule has 0 amide bonds. The van der Waals surface area contributed by atoms with Gasteiger partial charge in [-0.1, -0.05) is 6.92 Å². The maximum absolute atomic E-state index is 9.25. The molecule has 6 nitrogen and oxygen atoms in total. The molecule has 0 aliphatic carbocycles. The van der Waals surface area contributed by atoms with E-state index in [2.05, 4.69) is 20.7 Å². The van der Waals surface area contributed by atoms with Crippen LogP contribution in [0.1, 0.15) is 32.2 Å². The predicted molar refractivity (Wildman–Crippen MR) is 68.7 cm³/mol. The lowest BCUT2D eigenvalue weighted by Gasteiger charge is -2.25. The number of aromatic nitrogens is 2. The van der Waals surface area contributed by atoms with Gasteiger partial charge >= 0.3 is 0 Å². The van der Waals surface area contributed by atoms with Gasteiger partial charge in [-0.15, -0.1) is 0 Å². The van der Waals surface area contributed by atoms with Gasteiger partial charge in [-0.25, -0.2) is 15.8 Å². The number of aliphatic hydroxyl groups is 1. The van der Waals surface area contributed by atoms with Crippen LogP contribution in [0.4, 0.5) is 11.6 Å². The molecule has 96 valence electrons. The van der Waals surface area contributed by atoms with Gasteiger partial charge in [0.2, 0.25) is 0 Å². The van der Waals surface area contributed by atoms with Crippen LogP contribution in [-0.4, -0.2) is 27.2 Å². The molecule has 0 aliphatic rings. The lowest BCUT2D eigenvalue weighted by atomic mass is 10.1. The SMILES string of the molecule is CCc1nc(NN)c(C)c(NC(C)(C)CO)n1. The molecule has 0 spiro atoms. The maximum Gasteiger partial charge on any atom is 0.148 e. The molecular formula is C11H21N5O. The summed E-state index contributed by atoms with van der Waals surface area (Å²) >= 11 is 0. The Balaban J connectivity index is 3.13. The van der Waals surface area contributed by atoms with E-state index in [4.69, 9.17) is 5.84 Å². The number of aryl methyl sites for hydroxylation is 1. The Kier molecular flexibility index (Phi) is 4.25. The summed E-state index contributed by atoms with van der Waals surface area (Å²) in [7, 11) is 0. The second-order valence-electron chi connectivity index (χ2n) is 4.63. The number of nitrogens with two attached hydrogens (primary N) is 1. The number of nitrogens with one attached hydrogen (secondary N) is 2. The third-order valence-corrected chi connectivity index (χ3v) is 2.50. The van der Waals surface area contributed by atoms with E-state index >= 15 is 0 Å². The van der Waals surface area contributed by atoms with Crippen molar-refractivity contribution in [1.82, 2.24) is 9.97 Å². The van der Waals surface area contributed by atoms with Gasteiger partial charge in [0, 0.05) is 12.0 Å². The molecule has 0 aromatic carbocycles. The number of hydrogen-bond acceptors (Lipinski definition) is 6. The third-order valence-electron chi connectivity index (χ3n) is 2.50. The van der Waals surface area contributed by atoms with Crippen LogP contribution in [-0.2, 0) is 6.42 Å². The molecule has 0 radical (unpaired) electrons. The first-order valence-corrected chi connectivity index (χ1v) is 5.66. The maximum atomic E-state index is 9.25. The van der Waals surface area contributed by atoms with E-state index in [0.717, 1.165) is 12.0 Å². The highest BCUT2D eigenvalue weighted by Gasteiger charge is 2.19. The number of nitrogen functional groups attached to an aromatic ring is 1. The highest BCUT2D eigenvalue weighted by molar-refractivity contribution is 5.57. The number of hydrogen-bond donors (Lipinski definition) is 4. The average Bonchev–Trinajstić information content (AvgIpc) is 2.31. The van der Waals surface area contributed by atoms with Crippen molar-refractivity contribution in [2.45, 2.75) is 39.7 Å². The Morgan fingerprint density at radius 1 is 1.29 bits per heavy atom. The quantitative estimate of drug-likeness (QED) is 0.449. The topological polar surface area (TPSA) is 96.1 Å². The van der Waals surface area contributed by atoms with Crippen molar-refractivity contribution in [3.8, 4) is 0 Å². The smallest absolute Gasteiger partial charge is 0.148 e. The van der Waals surface area contributed by atoms with Crippen LogP contribution in [0.25, 0.3) is 0 Å². The van der Waals surface area contributed by atoms with E-state index in [-0.39, 0.29) is 6.61 Å². The number of rotatable bonds is 5. The van der Waals surface area contributed by atoms with Crippen molar-refractivity contribution in [2.24, 2.45) is 5.84 Å². The fourth-order valence-corrected chi connectivity index (χ4v) is 1.34. The van der Waals surface area contributed by atoms with Crippen LogP contribution in [0, 0.1) is 6.92 Å². The highest BCUT2D eigenvalue weighted by Crippen LogP contribution is 2.22. The average molecular weight is 239 g/mol. The number of anilines is 2. The van der Waals surface area contributed by atoms with Crippen LogP contribution in [0.5, 0.6) is 0 Å². The lowest BCUT2D eigenvalue weighted by Crippen LogP contribution is -2.36. The van der Waals surface area contributed by atoms with Crippen LogP contribution in [0.15, 0.2) is 0 Å². The number of aliphatic hydroxyl groups excluding tert-OH is 1. The van der Waals surface area contributed by atoms with E-state index in [1.807, 2.05) is 27.7 Å². The van der Waals surface area contributed by atoms with Crippen molar-refractivity contribution >= 4 is 11.6 Å². The number of nitrogens with zero attached hydrogens (tertiary/aromatic N) is 2. The second-order valence-corrected chi connectivity index (χ2v) is 4.63. The summed E-state index contributed by atoms with van der Waals surface area (Å²) in [5, 5.41) is 12.4. The van der Waals surface area contributed by atoms with Crippen molar-refractivity contribution in [2.75, 3.05) is 17.3 Å². The van der Waals surface area contributed by atoms with Gasteiger partial charge in [0.1, 0.15) is 17.5 Å². The van der Waals surface area contributed by atoms with Gasteiger partial charge < -0.3 is 15.8 Å². The zero-order chi connectivity index (χ0) is 13.1. The molecule has 0 saturated carbocycles. The molecule has 1 rings (SSSR count). The minimum Gasteiger partial charge on any atom is -0.394 e. The molecule has 0 unspecified atom stereocenters.